The molecule has 0 saturated heterocycles. The van der Waals surface area contributed by atoms with Crippen LogP contribution in [-0.4, -0.2) is 37.7 Å². The summed E-state index contributed by atoms with van der Waals surface area (Å²) in [5, 5.41) is 8.81. The molecule has 1 saturated carbocycles. The minimum absolute atomic E-state index is 0.218. The van der Waals surface area contributed by atoms with Crippen molar-refractivity contribution in [2.24, 2.45) is 5.92 Å². The van der Waals surface area contributed by atoms with Crippen molar-refractivity contribution in [2.75, 3.05) is 0 Å². The number of carbonyl (C=O) groups is 2. The highest BCUT2D eigenvalue weighted by Gasteiger charge is 2.32. The number of ether oxygens (including phenoxy) is 1. The standard InChI is InChI=1S/C10H18N2O6S/c1-6(2)18-10(15)12-19(16,17)11-8-4-3-7(5-8)9(13)14/h6-8,11H,3-5H2,1-2H3,(H,12,15)(H,13,14). The molecule has 1 rings (SSSR count). The zero-order chi connectivity index (χ0) is 14.6. The second kappa shape index (κ2) is 6.20. The van der Waals surface area contributed by atoms with E-state index < -0.39 is 40.3 Å². The third kappa shape index (κ3) is 5.43. The fourth-order valence-corrected chi connectivity index (χ4v) is 2.89. The van der Waals surface area contributed by atoms with Crippen LogP contribution in [0.5, 0.6) is 0 Å². The highest BCUT2D eigenvalue weighted by atomic mass is 32.2. The smallest absolute Gasteiger partial charge is 0.422 e. The van der Waals surface area contributed by atoms with E-state index in [1.165, 1.54) is 0 Å². The molecule has 1 fully saturated rings. The van der Waals surface area contributed by atoms with Crippen LogP contribution in [0.15, 0.2) is 0 Å². The molecule has 0 radical (unpaired) electrons. The van der Waals surface area contributed by atoms with Crippen molar-refractivity contribution >= 4 is 22.3 Å². The van der Waals surface area contributed by atoms with Gasteiger partial charge in [0.15, 0.2) is 0 Å². The molecule has 1 aliphatic rings. The second-order valence-corrected chi connectivity index (χ2v) is 6.17. The van der Waals surface area contributed by atoms with Crippen LogP contribution in [0.25, 0.3) is 0 Å². The lowest BCUT2D eigenvalue weighted by Crippen LogP contribution is -2.45. The number of amides is 1. The van der Waals surface area contributed by atoms with Crippen LogP contribution in [0.1, 0.15) is 33.1 Å². The van der Waals surface area contributed by atoms with Gasteiger partial charge in [0.05, 0.1) is 12.0 Å². The molecule has 0 bridgehead atoms. The molecule has 9 heteroatoms. The zero-order valence-corrected chi connectivity index (χ0v) is 11.6. The Labute approximate surface area is 111 Å². The van der Waals surface area contributed by atoms with Crippen LogP contribution < -0.4 is 9.44 Å². The van der Waals surface area contributed by atoms with Gasteiger partial charge in [0.25, 0.3) is 0 Å². The molecule has 0 spiro atoms. The Morgan fingerprint density at radius 3 is 2.42 bits per heavy atom. The first-order valence-electron chi connectivity index (χ1n) is 5.93. The van der Waals surface area contributed by atoms with E-state index in [9.17, 15) is 18.0 Å². The van der Waals surface area contributed by atoms with E-state index in [-0.39, 0.29) is 6.42 Å². The summed E-state index contributed by atoms with van der Waals surface area (Å²) in [7, 11) is -4.03. The number of hydrogen-bond donors (Lipinski definition) is 3. The predicted octanol–water partition coefficient (Wildman–Crippen LogP) is 0.209. The average molecular weight is 294 g/mol. The number of nitrogens with one attached hydrogen (secondary N) is 2. The van der Waals surface area contributed by atoms with Gasteiger partial charge in [-0.2, -0.15) is 13.1 Å². The van der Waals surface area contributed by atoms with E-state index in [1.807, 2.05) is 0 Å². The van der Waals surface area contributed by atoms with E-state index >= 15 is 0 Å². The lowest BCUT2D eigenvalue weighted by atomic mass is 10.1. The third-order valence-electron chi connectivity index (χ3n) is 2.66. The van der Waals surface area contributed by atoms with Gasteiger partial charge in [0, 0.05) is 6.04 Å². The normalized spacial score (nSPS) is 23.3. The fourth-order valence-electron chi connectivity index (χ4n) is 1.91. The summed E-state index contributed by atoms with van der Waals surface area (Å²) in [4.78, 5) is 21.9. The lowest BCUT2D eigenvalue weighted by Gasteiger charge is -2.14. The molecule has 0 aromatic heterocycles. The van der Waals surface area contributed by atoms with Gasteiger partial charge in [-0.05, 0) is 33.1 Å². The molecule has 1 aliphatic carbocycles. The third-order valence-corrected chi connectivity index (χ3v) is 3.74. The van der Waals surface area contributed by atoms with Crippen molar-refractivity contribution in [1.82, 2.24) is 9.44 Å². The molecule has 1 amide bonds. The number of hydrogen-bond acceptors (Lipinski definition) is 5. The minimum atomic E-state index is -4.03. The fraction of sp³-hybridized carbons (Fsp3) is 0.800. The van der Waals surface area contributed by atoms with Gasteiger partial charge < -0.3 is 9.84 Å². The summed E-state index contributed by atoms with van der Waals surface area (Å²) in [6.45, 7) is 3.18. The van der Waals surface area contributed by atoms with E-state index in [2.05, 4.69) is 9.46 Å². The molecular formula is C10H18N2O6S. The monoisotopic (exact) mass is 294 g/mol. The second-order valence-electron chi connectivity index (χ2n) is 4.72. The maximum absolute atomic E-state index is 11.6. The molecule has 2 unspecified atom stereocenters. The largest absolute Gasteiger partial charge is 0.481 e. The Morgan fingerprint density at radius 2 is 1.95 bits per heavy atom. The van der Waals surface area contributed by atoms with Gasteiger partial charge in [-0.25, -0.2) is 9.52 Å². The van der Waals surface area contributed by atoms with Crippen molar-refractivity contribution < 1.29 is 27.9 Å². The van der Waals surface area contributed by atoms with Gasteiger partial charge >= 0.3 is 22.3 Å². The van der Waals surface area contributed by atoms with Crippen LogP contribution in [-0.2, 0) is 19.7 Å². The summed E-state index contributed by atoms with van der Waals surface area (Å²) < 4.78 is 31.8. The molecule has 0 aromatic carbocycles. The van der Waals surface area contributed by atoms with Gasteiger partial charge in [0.1, 0.15) is 0 Å². The molecule has 3 N–H and O–H groups in total. The first-order chi connectivity index (χ1) is 8.69. The van der Waals surface area contributed by atoms with Crippen molar-refractivity contribution in [1.29, 1.82) is 0 Å². The summed E-state index contributed by atoms with van der Waals surface area (Å²) in [5.74, 6) is -1.48. The van der Waals surface area contributed by atoms with Gasteiger partial charge in [-0.1, -0.05) is 0 Å². The van der Waals surface area contributed by atoms with Gasteiger partial charge in [-0.15, -0.1) is 0 Å². The highest BCUT2D eigenvalue weighted by molar-refractivity contribution is 7.88. The number of carboxylic acids is 1. The van der Waals surface area contributed by atoms with Crippen LogP contribution in [0.4, 0.5) is 4.79 Å². The van der Waals surface area contributed by atoms with E-state index in [4.69, 9.17) is 5.11 Å². The Kier molecular flexibility index (Phi) is 5.12. The van der Waals surface area contributed by atoms with E-state index in [0.29, 0.717) is 12.8 Å². The maximum Gasteiger partial charge on any atom is 0.422 e. The van der Waals surface area contributed by atoms with Crippen LogP contribution >= 0.6 is 0 Å². The predicted molar refractivity (Wildman–Crippen MR) is 65.6 cm³/mol. The number of carbonyl (C=O) groups excluding carboxylic acids is 1. The minimum Gasteiger partial charge on any atom is -0.481 e. The van der Waals surface area contributed by atoms with Crippen molar-refractivity contribution in [3.63, 3.8) is 0 Å². The molecule has 8 nitrogen and oxygen atoms in total. The summed E-state index contributed by atoms with van der Waals surface area (Å²) in [5.41, 5.74) is 0. The van der Waals surface area contributed by atoms with Crippen LogP contribution in [0.3, 0.4) is 0 Å². The van der Waals surface area contributed by atoms with E-state index in [1.54, 1.807) is 18.6 Å². The van der Waals surface area contributed by atoms with Crippen molar-refractivity contribution in [2.45, 2.75) is 45.3 Å². The van der Waals surface area contributed by atoms with Gasteiger partial charge in [0.2, 0.25) is 0 Å². The van der Waals surface area contributed by atoms with Crippen LogP contribution in [0.2, 0.25) is 0 Å². The van der Waals surface area contributed by atoms with Crippen molar-refractivity contribution in [3.05, 3.63) is 0 Å². The van der Waals surface area contributed by atoms with E-state index in [0.717, 1.165) is 0 Å². The summed E-state index contributed by atoms with van der Waals surface area (Å²) >= 11 is 0. The lowest BCUT2D eigenvalue weighted by molar-refractivity contribution is -0.141. The number of aliphatic carboxylic acids is 1. The SMILES string of the molecule is CC(C)OC(=O)NS(=O)(=O)NC1CCC(C(=O)O)C1. The molecule has 19 heavy (non-hydrogen) atoms. The molecule has 0 heterocycles. The Balaban J connectivity index is 2.47. The first kappa shape index (κ1) is 15.7. The van der Waals surface area contributed by atoms with Crippen LogP contribution in [0, 0.1) is 5.92 Å². The molecule has 2 atom stereocenters. The molecular weight excluding hydrogens is 276 g/mol. The first-order valence-corrected chi connectivity index (χ1v) is 7.41. The topological polar surface area (TPSA) is 122 Å². The number of carboxylic acid groups (broad SMARTS) is 1. The Bertz CT molecular complexity index is 447. The Morgan fingerprint density at radius 1 is 1.32 bits per heavy atom. The summed E-state index contributed by atoms with van der Waals surface area (Å²) in [6, 6.07) is -0.481. The Hall–Kier alpha value is -1.35. The average Bonchev–Trinajstić information content (AvgIpc) is 2.62. The molecule has 0 aliphatic heterocycles. The molecule has 110 valence electrons. The zero-order valence-electron chi connectivity index (χ0n) is 10.8. The van der Waals surface area contributed by atoms with Crippen molar-refractivity contribution in [3.8, 4) is 0 Å². The van der Waals surface area contributed by atoms with Gasteiger partial charge in [-0.3, -0.25) is 4.79 Å². The maximum atomic E-state index is 11.6. The summed E-state index contributed by atoms with van der Waals surface area (Å²) in [6.07, 6.45) is -0.431. The highest BCUT2D eigenvalue weighted by Crippen LogP contribution is 2.25. The molecule has 0 aromatic rings. The quantitative estimate of drug-likeness (QED) is 0.666. The number of rotatable bonds is 5.